The zero-order valence-corrected chi connectivity index (χ0v) is 8.72. The summed E-state index contributed by atoms with van der Waals surface area (Å²) in [6, 6.07) is 0. The van der Waals surface area contributed by atoms with Crippen LogP contribution in [0.3, 0.4) is 0 Å². The minimum absolute atomic E-state index is 1.52. The molecule has 0 amide bonds. The van der Waals surface area contributed by atoms with Crippen LogP contribution in [0.4, 0.5) is 0 Å². The van der Waals surface area contributed by atoms with Crippen molar-refractivity contribution in [1.29, 1.82) is 0 Å². The molecule has 0 aliphatic carbocycles. The lowest BCUT2D eigenvalue weighted by Gasteiger charge is -2.24. The summed E-state index contributed by atoms with van der Waals surface area (Å²) in [6.07, 6.45) is 0. The summed E-state index contributed by atoms with van der Waals surface area (Å²) >= 11 is 0. The Balaban J connectivity index is 2.63. The molecule has 14 heteroatoms. The molecule has 0 aromatic heterocycles. The van der Waals surface area contributed by atoms with E-state index in [9.17, 15) is 13.7 Å². The highest BCUT2D eigenvalue weighted by molar-refractivity contribution is 7.67. The maximum Gasteiger partial charge on any atom is 0.520 e. The molecular weight excluding hydrogens is 267 g/mol. The van der Waals surface area contributed by atoms with Crippen LogP contribution in [0.15, 0.2) is 0 Å². The van der Waals surface area contributed by atoms with Crippen molar-refractivity contribution in [2.75, 3.05) is 0 Å². The highest BCUT2D eigenvalue weighted by Gasteiger charge is 2.47. The lowest BCUT2D eigenvalue weighted by Crippen LogP contribution is -2.25. The lowest BCUT2D eigenvalue weighted by molar-refractivity contribution is -0.142. The Morgan fingerprint density at radius 3 is 2.00 bits per heavy atom. The molecule has 1 aliphatic rings. The van der Waals surface area contributed by atoms with Gasteiger partial charge in [-0.3, -0.25) is 0 Å². The largest absolute Gasteiger partial charge is 0.520 e. The van der Waals surface area contributed by atoms with Gasteiger partial charge >= 0.3 is 23.5 Å². The second-order valence-corrected chi connectivity index (χ2v) is 6.32. The fourth-order valence-corrected chi connectivity index (χ4v) is 3.34. The van der Waals surface area contributed by atoms with Crippen LogP contribution < -0.4 is 5.64 Å². The van der Waals surface area contributed by atoms with Crippen LogP contribution in [0.25, 0.3) is 0 Å². The van der Waals surface area contributed by atoms with Gasteiger partial charge in [-0.25, -0.2) is 13.7 Å². The molecule has 0 spiro atoms. The number of hydrogen-bond donors (Lipinski definition) is 4. The van der Waals surface area contributed by atoms with E-state index in [1.807, 2.05) is 0 Å². The minimum Gasteiger partial charge on any atom is -0.302 e. The third kappa shape index (κ3) is 3.85. The molecule has 1 atom stereocenters. The van der Waals surface area contributed by atoms with E-state index in [1.165, 1.54) is 5.64 Å². The summed E-state index contributed by atoms with van der Waals surface area (Å²) in [5.41, 5.74) is 1.52. The fraction of sp³-hybridized carbons (Fsp3) is 0. The predicted molar refractivity (Wildman–Crippen MR) is 37.0 cm³/mol. The van der Waals surface area contributed by atoms with Gasteiger partial charge in [-0.05, 0) is 0 Å². The van der Waals surface area contributed by atoms with Gasteiger partial charge in [0.2, 0.25) is 0 Å². The molecule has 1 unspecified atom stereocenters. The van der Waals surface area contributed by atoms with Gasteiger partial charge in [0.1, 0.15) is 0 Å². The van der Waals surface area contributed by atoms with Gasteiger partial charge < -0.3 is 14.7 Å². The average Bonchev–Trinajstić information content (AvgIpc) is 1.76. The Morgan fingerprint density at radius 2 is 1.71 bits per heavy atom. The molecule has 0 aromatic rings. The van der Waals surface area contributed by atoms with E-state index in [4.69, 9.17) is 14.7 Å². The molecule has 0 aromatic carbocycles. The van der Waals surface area contributed by atoms with E-state index >= 15 is 0 Å². The van der Waals surface area contributed by atoms with Crippen molar-refractivity contribution >= 4 is 23.5 Å². The second-order valence-electron chi connectivity index (χ2n) is 1.84. The smallest absolute Gasteiger partial charge is 0.302 e. The summed E-state index contributed by atoms with van der Waals surface area (Å²) in [5, 5.41) is 0. The number of rotatable bonds is 4. The number of nitrogens with one attached hydrogen (secondary N) is 1. The fourth-order valence-electron chi connectivity index (χ4n) is 0.407. The van der Waals surface area contributed by atoms with Gasteiger partial charge in [0, 0.05) is 0 Å². The van der Waals surface area contributed by atoms with Crippen LogP contribution in [-0.4, -0.2) is 14.7 Å². The van der Waals surface area contributed by atoms with Crippen molar-refractivity contribution in [3.05, 3.63) is 0 Å². The lowest BCUT2D eigenvalue weighted by atomic mass is 13.2. The molecule has 0 saturated carbocycles. The standard InChI is InChI=1S/H4NO10P3/c2-12(3,4)10-13(5,6)11-14(7)8-1-9-14/h1H,(H,5,6)(H2,2,3,4). The molecule has 1 rings (SSSR count). The first kappa shape index (κ1) is 12.4. The van der Waals surface area contributed by atoms with Gasteiger partial charge in [0.25, 0.3) is 0 Å². The van der Waals surface area contributed by atoms with Crippen molar-refractivity contribution in [1.82, 2.24) is 5.64 Å². The van der Waals surface area contributed by atoms with Crippen LogP contribution >= 0.6 is 23.5 Å². The molecule has 84 valence electrons. The normalized spacial score (nSPS) is 25.1. The van der Waals surface area contributed by atoms with Crippen LogP contribution in [0.5, 0.6) is 0 Å². The Hall–Kier alpha value is 0.370. The average molecular weight is 271 g/mol. The SMILES string of the molecule is O=P(O)(O)OP(=O)(O)OP1(=O)ONO1. The zero-order valence-electron chi connectivity index (χ0n) is 6.04. The summed E-state index contributed by atoms with van der Waals surface area (Å²) in [5.74, 6) is 0. The maximum absolute atomic E-state index is 10.8. The Kier molecular flexibility index (Phi) is 3.33. The van der Waals surface area contributed by atoms with Crippen molar-refractivity contribution in [2.45, 2.75) is 0 Å². The van der Waals surface area contributed by atoms with E-state index in [1.54, 1.807) is 0 Å². The van der Waals surface area contributed by atoms with E-state index in [0.717, 1.165) is 0 Å². The molecule has 1 fully saturated rings. The highest BCUT2D eigenvalue weighted by atomic mass is 31.3. The van der Waals surface area contributed by atoms with Gasteiger partial charge in [-0.2, -0.15) is 17.9 Å². The third-order valence-corrected chi connectivity index (χ3v) is 4.61. The third-order valence-electron chi connectivity index (χ3n) is 0.711. The number of hydrogen-bond acceptors (Lipinski definition) is 8. The monoisotopic (exact) mass is 271 g/mol. The topological polar surface area (TPSA) is 161 Å². The Labute approximate surface area is 76.3 Å². The summed E-state index contributed by atoms with van der Waals surface area (Å²) < 4.78 is 46.3. The first-order valence-corrected chi connectivity index (χ1v) is 7.14. The van der Waals surface area contributed by atoms with Gasteiger partial charge in [0.15, 0.2) is 0 Å². The summed E-state index contributed by atoms with van der Waals surface area (Å²) in [6.45, 7) is 0. The van der Waals surface area contributed by atoms with Crippen LogP contribution in [-0.2, 0) is 31.6 Å². The molecule has 14 heavy (non-hydrogen) atoms. The predicted octanol–water partition coefficient (Wildman–Crippen LogP) is -0.213. The molecule has 11 nitrogen and oxygen atoms in total. The first-order valence-electron chi connectivity index (χ1n) is 2.65. The molecule has 1 heterocycles. The van der Waals surface area contributed by atoms with Gasteiger partial charge in [-0.15, -0.1) is 0 Å². The molecular formula is H4NO10P3. The summed E-state index contributed by atoms with van der Waals surface area (Å²) in [7, 11) is -14.8. The quantitative estimate of drug-likeness (QED) is 0.500. The zero-order chi connectivity index (χ0) is 11.0. The van der Waals surface area contributed by atoms with Crippen LogP contribution in [0.2, 0.25) is 0 Å². The van der Waals surface area contributed by atoms with Crippen LogP contribution in [0.1, 0.15) is 0 Å². The molecule has 1 saturated heterocycles. The van der Waals surface area contributed by atoms with Crippen molar-refractivity contribution in [3.63, 3.8) is 0 Å². The van der Waals surface area contributed by atoms with E-state index in [-0.39, 0.29) is 0 Å². The molecule has 0 bridgehead atoms. The minimum atomic E-state index is -5.25. The Bertz CT molecular complexity index is 342. The van der Waals surface area contributed by atoms with Crippen LogP contribution in [0, 0.1) is 0 Å². The van der Waals surface area contributed by atoms with E-state index in [0.29, 0.717) is 0 Å². The van der Waals surface area contributed by atoms with Gasteiger partial charge in [0.05, 0.1) is 0 Å². The van der Waals surface area contributed by atoms with E-state index in [2.05, 4.69) is 17.9 Å². The second kappa shape index (κ2) is 3.75. The van der Waals surface area contributed by atoms with E-state index < -0.39 is 23.5 Å². The van der Waals surface area contributed by atoms with Crippen molar-refractivity contribution < 1.29 is 46.2 Å². The summed E-state index contributed by atoms with van der Waals surface area (Å²) in [4.78, 5) is 24.9. The Morgan fingerprint density at radius 1 is 1.21 bits per heavy atom. The van der Waals surface area contributed by atoms with Crippen molar-refractivity contribution in [3.8, 4) is 0 Å². The van der Waals surface area contributed by atoms with Crippen molar-refractivity contribution in [2.24, 2.45) is 0 Å². The first-order chi connectivity index (χ1) is 6.12. The molecule has 1 aliphatic heterocycles. The molecule has 4 N–H and O–H groups in total. The highest BCUT2D eigenvalue weighted by Crippen LogP contribution is 2.69. The van der Waals surface area contributed by atoms with Gasteiger partial charge in [-0.1, -0.05) is 5.64 Å². The maximum atomic E-state index is 10.8. The number of phosphoric acid groups is 3. The molecule has 0 radical (unpaired) electrons.